The van der Waals surface area contributed by atoms with E-state index in [1.807, 2.05) is 18.2 Å². The van der Waals surface area contributed by atoms with E-state index < -0.39 is 0 Å². The molecule has 0 unspecified atom stereocenters. The third-order valence-corrected chi connectivity index (χ3v) is 5.04. The van der Waals surface area contributed by atoms with Gasteiger partial charge in [0.2, 0.25) is 5.91 Å². The van der Waals surface area contributed by atoms with Gasteiger partial charge >= 0.3 is 0 Å². The first-order valence-corrected chi connectivity index (χ1v) is 9.47. The van der Waals surface area contributed by atoms with Crippen LogP contribution in [0.4, 0.5) is 5.69 Å². The molecule has 0 spiro atoms. The number of fused-ring (bicyclic) bond motifs is 1. The number of nitrogens with one attached hydrogen (secondary N) is 1. The zero-order valence-corrected chi connectivity index (χ0v) is 15.6. The van der Waals surface area contributed by atoms with Crippen LogP contribution in [0.3, 0.4) is 0 Å². The maximum atomic E-state index is 12.5. The summed E-state index contributed by atoms with van der Waals surface area (Å²) in [5.74, 6) is 0.244. The summed E-state index contributed by atoms with van der Waals surface area (Å²) in [6, 6.07) is 17.1. The van der Waals surface area contributed by atoms with E-state index in [0.717, 1.165) is 27.9 Å². The summed E-state index contributed by atoms with van der Waals surface area (Å²) in [6.45, 7) is 3.55. The molecule has 1 amide bonds. The lowest BCUT2D eigenvalue weighted by atomic mass is 10.1. The molecule has 26 heavy (non-hydrogen) atoms. The Morgan fingerprint density at radius 3 is 2.50 bits per heavy atom. The average molecular weight is 364 g/mol. The molecule has 0 aliphatic heterocycles. The number of thioether (sulfide) groups is 1. The van der Waals surface area contributed by atoms with E-state index in [2.05, 4.69) is 24.4 Å². The maximum absolute atomic E-state index is 12.5. The van der Waals surface area contributed by atoms with E-state index in [1.54, 1.807) is 24.3 Å². The first-order valence-electron chi connectivity index (χ1n) is 8.49. The molecule has 0 aliphatic carbocycles. The molecule has 0 saturated carbocycles. The number of hydrogen-bond donors (Lipinski definition) is 1. The highest BCUT2D eigenvalue weighted by molar-refractivity contribution is 8.00. The van der Waals surface area contributed by atoms with Gasteiger partial charge in [-0.25, -0.2) is 4.98 Å². The number of ketones is 1. The van der Waals surface area contributed by atoms with Gasteiger partial charge in [-0.2, -0.15) is 0 Å². The van der Waals surface area contributed by atoms with Crippen LogP contribution in [0.1, 0.15) is 29.8 Å². The minimum absolute atomic E-state index is 0.0430. The zero-order chi connectivity index (χ0) is 18.5. The molecule has 1 heterocycles. The second kappa shape index (κ2) is 8.15. The average Bonchev–Trinajstić information content (AvgIpc) is 2.65. The Morgan fingerprint density at radius 1 is 1.08 bits per heavy atom. The Kier molecular flexibility index (Phi) is 5.68. The number of carbonyl (C=O) groups excluding carboxylic acids is 2. The Labute approximate surface area is 157 Å². The Hall–Kier alpha value is -2.66. The van der Waals surface area contributed by atoms with Crippen LogP contribution in [0.5, 0.6) is 0 Å². The highest BCUT2D eigenvalue weighted by Crippen LogP contribution is 2.26. The Bertz CT molecular complexity index is 952. The number of nitrogens with zero attached hydrogens (tertiary/aromatic N) is 1. The maximum Gasteiger partial charge on any atom is 0.221 e. The predicted octanol–water partition coefficient (Wildman–Crippen LogP) is 4.73. The van der Waals surface area contributed by atoms with Gasteiger partial charge in [-0.1, -0.05) is 36.9 Å². The smallest absolute Gasteiger partial charge is 0.221 e. The van der Waals surface area contributed by atoms with E-state index in [1.165, 1.54) is 18.7 Å². The summed E-state index contributed by atoms with van der Waals surface area (Å²) < 4.78 is 0. The molecule has 1 aromatic heterocycles. The summed E-state index contributed by atoms with van der Waals surface area (Å²) >= 11 is 1.47. The largest absolute Gasteiger partial charge is 0.326 e. The highest BCUT2D eigenvalue weighted by Gasteiger charge is 2.11. The van der Waals surface area contributed by atoms with Gasteiger partial charge in [-0.15, -0.1) is 0 Å². The molecule has 3 aromatic rings. The van der Waals surface area contributed by atoms with Crippen LogP contribution in [0.15, 0.2) is 59.6 Å². The van der Waals surface area contributed by atoms with Crippen LogP contribution < -0.4 is 5.32 Å². The second-order valence-electron chi connectivity index (χ2n) is 5.97. The molecule has 0 fully saturated rings. The van der Waals surface area contributed by atoms with Gasteiger partial charge < -0.3 is 5.32 Å². The topological polar surface area (TPSA) is 59.1 Å². The van der Waals surface area contributed by atoms with Crippen LogP contribution in [0, 0.1) is 0 Å². The molecular formula is C21H20N2O2S. The zero-order valence-electron chi connectivity index (χ0n) is 14.8. The van der Waals surface area contributed by atoms with E-state index >= 15 is 0 Å². The molecule has 5 heteroatoms. The van der Waals surface area contributed by atoms with Crippen LogP contribution in [0.2, 0.25) is 0 Å². The summed E-state index contributed by atoms with van der Waals surface area (Å²) in [7, 11) is 0. The number of hydrogen-bond acceptors (Lipinski definition) is 4. The normalized spacial score (nSPS) is 10.7. The second-order valence-corrected chi connectivity index (χ2v) is 6.93. The van der Waals surface area contributed by atoms with Crippen molar-refractivity contribution in [3.8, 4) is 0 Å². The van der Waals surface area contributed by atoms with Crippen LogP contribution in [-0.4, -0.2) is 22.4 Å². The standard InChI is InChI=1S/C21H20N2O2S/c1-3-15-12-17-6-4-5-7-19(17)23-21(15)26-13-20(25)16-8-10-18(11-9-16)22-14(2)24/h4-12H,3,13H2,1-2H3,(H,22,24). The fourth-order valence-corrected chi connectivity index (χ4v) is 3.67. The van der Waals surface area contributed by atoms with Crippen LogP contribution in [0.25, 0.3) is 10.9 Å². The summed E-state index contributed by atoms with van der Waals surface area (Å²) in [5.41, 5.74) is 3.42. The van der Waals surface area contributed by atoms with Crippen molar-refractivity contribution in [1.29, 1.82) is 0 Å². The van der Waals surface area contributed by atoms with Crippen LogP contribution >= 0.6 is 11.8 Å². The monoisotopic (exact) mass is 364 g/mol. The number of aromatic nitrogens is 1. The minimum Gasteiger partial charge on any atom is -0.326 e. The van der Waals surface area contributed by atoms with Crippen molar-refractivity contribution in [1.82, 2.24) is 4.98 Å². The first-order chi connectivity index (χ1) is 12.6. The van der Waals surface area contributed by atoms with Crippen molar-refractivity contribution in [2.45, 2.75) is 25.3 Å². The lowest BCUT2D eigenvalue weighted by Gasteiger charge is -2.09. The minimum atomic E-state index is -0.130. The quantitative estimate of drug-likeness (QED) is 0.507. The summed E-state index contributed by atoms with van der Waals surface area (Å²) in [5, 5.41) is 4.73. The number of rotatable bonds is 6. The number of amides is 1. The van der Waals surface area contributed by atoms with Crippen molar-refractivity contribution >= 4 is 40.0 Å². The number of benzene rings is 2. The van der Waals surface area contributed by atoms with E-state index in [4.69, 9.17) is 4.98 Å². The lowest BCUT2D eigenvalue weighted by molar-refractivity contribution is -0.114. The van der Waals surface area contributed by atoms with E-state index in [9.17, 15) is 9.59 Å². The van der Waals surface area contributed by atoms with Crippen molar-refractivity contribution in [3.05, 3.63) is 65.7 Å². The van der Waals surface area contributed by atoms with Gasteiger partial charge in [0.15, 0.2) is 5.78 Å². The number of para-hydroxylation sites is 1. The third-order valence-electron chi connectivity index (χ3n) is 4.01. The molecule has 132 valence electrons. The molecule has 0 atom stereocenters. The molecule has 4 nitrogen and oxygen atoms in total. The van der Waals surface area contributed by atoms with Crippen LogP contribution in [-0.2, 0) is 11.2 Å². The van der Waals surface area contributed by atoms with Crippen molar-refractivity contribution in [2.24, 2.45) is 0 Å². The fourth-order valence-electron chi connectivity index (χ4n) is 2.68. The molecule has 0 saturated heterocycles. The van der Waals surface area contributed by atoms with Crippen molar-refractivity contribution < 1.29 is 9.59 Å². The molecule has 0 aliphatic rings. The van der Waals surface area contributed by atoms with E-state index in [-0.39, 0.29) is 11.7 Å². The van der Waals surface area contributed by atoms with Crippen molar-refractivity contribution in [3.63, 3.8) is 0 Å². The van der Waals surface area contributed by atoms with Gasteiger partial charge in [0.05, 0.1) is 11.3 Å². The Morgan fingerprint density at radius 2 is 1.81 bits per heavy atom. The number of carbonyl (C=O) groups is 2. The first kappa shape index (κ1) is 18.1. The molecule has 2 aromatic carbocycles. The van der Waals surface area contributed by atoms with Gasteiger partial charge in [0, 0.05) is 23.6 Å². The molecule has 1 N–H and O–H groups in total. The molecule has 3 rings (SSSR count). The number of Topliss-reactive ketones (excluding diaryl/α,β-unsaturated/α-hetero) is 1. The third kappa shape index (κ3) is 4.29. The predicted molar refractivity (Wildman–Crippen MR) is 107 cm³/mol. The summed E-state index contributed by atoms with van der Waals surface area (Å²) in [4.78, 5) is 28.3. The van der Waals surface area contributed by atoms with Gasteiger partial charge in [0.25, 0.3) is 0 Å². The van der Waals surface area contributed by atoms with Gasteiger partial charge in [-0.3, -0.25) is 9.59 Å². The molecular weight excluding hydrogens is 344 g/mol. The summed E-state index contributed by atoms with van der Waals surface area (Å²) in [6.07, 6.45) is 0.875. The number of pyridine rings is 1. The number of aryl methyl sites for hydroxylation is 1. The molecule has 0 radical (unpaired) electrons. The Balaban J connectivity index is 1.72. The highest BCUT2D eigenvalue weighted by atomic mass is 32.2. The SMILES string of the molecule is CCc1cc2ccccc2nc1SCC(=O)c1ccc(NC(C)=O)cc1. The lowest BCUT2D eigenvalue weighted by Crippen LogP contribution is -2.07. The van der Waals surface area contributed by atoms with Gasteiger partial charge in [0.1, 0.15) is 5.03 Å². The van der Waals surface area contributed by atoms with E-state index in [0.29, 0.717) is 17.0 Å². The fraction of sp³-hybridized carbons (Fsp3) is 0.190. The van der Waals surface area contributed by atoms with Crippen molar-refractivity contribution in [2.75, 3.05) is 11.1 Å². The molecule has 0 bridgehead atoms. The van der Waals surface area contributed by atoms with Gasteiger partial charge in [-0.05, 0) is 48.4 Å². The number of anilines is 1.